The summed E-state index contributed by atoms with van der Waals surface area (Å²) in [5.74, 6) is 3.28. The first-order valence-corrected chi connectivity index (χ1v) is 9.49. The summed E-state index contributed by atoms with van der Waals surface area (Å²) in [7, 11) is 1.69. The van der Waals surface area contributed by atoms with Gasteiger partial charge >= 0.3 is 0 Å². The quantitative estimate of drug-likeness (QED) is 0.739. The van der Waals surface area contributed by atoms with Gasteiger partial charge in [0.05, 0.1) is 0 Å². The van der Waals surface area contributed by atoms with Gasteiger partial charge in [0.25, 0.3) is 0 Å². The van der Waals surface area contributed by atoms with Gasteiger partial charge in [0.15, 0.2) is 5.78 Å². The molecule has 0 aromatic carbocycles. The number of ketones is 2. The summed E-state index contributed by atoms with van der Waals surface area (Å²) in [6.45, 7) is 4.65. The second-order valence-electron chi connectivity index (χ2n) is 9.18. The molecule has 3 nitrogen and oxygen atoms in total. The van der Waals surface area contributed by atoms with Crippen molar-refractivity contribution in [2.24, 2.45) is 34.5 Å². The summed E-state index contributed by atoms with van der Waals surface area (Å²) in [6.07, 6.45) is 7.98. The summed E-state index contributed by atoms with van der Waals surface area (Å²) in [4.78, 5) is 24.7. The van der Waals surface area contributed by atoms with Crippen molar-refractivity contribution in [2.45, 2.75) is 71.3 Å². The molecule has 0 spiro atoms. The third kappa shape index (κ3) is 2.04. The fraction of sp³-hybridized carbons (Fsp3) is 0.900. The Labute approximate surface area is 139 Å². The fourth-order valence-electron chi connectivity index (χ4n) is 7.01. The molecule has 3 heteroatoms. The van der Waals surface area contributed by atoms with Gasteiger partial charge in [-0.2, -0.15) is 0 Å². The number of Topliss-reactive ketones (excluding diaryl/α,β-unsaturated/α-hetero) is 2. The Morgan fingerprint density at radius 3 is 2.57 bits per heavy atom. The molecule has 4 aliphatic carbocycles. The zero-order valence-electron chi connectivity index (χ0n) is 14.8. The maximum atomic E-state index is 12.8. The van der Waals surface area contributed by atoms with Crippen LogP contribution in [0, 0.1) is 34.5 Å². The van der Waals surface area contributed by atoms with Crippen LogP contribution in [0.1, 0.15) is 65.2 Å². The van der Waals surface area contributed by atoms with E-state index in [2.05, 4.69) is 13.8 Å². The molecule has 0 amide bonds. The third-order valence-electron chi connectivity index (χ3n) is 8.48. The van der Waals surface area contributed by atoms with Crippen molar-refractivity contribution in [1.29, 1.82) is 0 Å². The summed E-state index contributed by atoms with van der Waals surface area (Å²) >= 11 is 0. The Bertz CT molecular complexity index is 541. The van der Waals surface area contributed by atoms with Crippen molar-refractivity contribution in [2.75, 3.05) is 7.11 Å². The molecule has 0 N–H and O–H groups in total. The van der Waals surface area contributed by atoms with Gasteiger partial charge in [-0.15, -0.1) is 0 Å². The standard InChI is InChI=1S/C20H30O3/c1-19-8-6-13(21)10-12(19)4-5-14-15(19)7-9-20(2)16(14)11-17(23-3)18(20)22/h12,14-17H,4-11H2,1-3H3/t12-,14+,15-,16-,17+,19-,20-/m0/s1. The smallest absolute Gasteiger partial charge is 0.167 e. The molecular weight excluding hydrogens is 288 g/mol. The molecular formula is C20H30O3. The average molecular weight is 318 g/mol. The van der Waals surface area contributed by atoms with Crippen LogP contribution in [0.15, 0.2) is 0 Å². The van der Waals surface area contributed by atoms with Gasteiger partial charge in [-0.1, -0.05) is 13.8 Å². The molecule has 0 bridgehead atoms. The first-order chi connectivity index (χ1) is 10.9. The topological polar surface area (TPSA) is 43.4 Å². The predicted molar refractivity (Wildman–Crippen MR) is 87.9 cm³/mol. The lowest BCUT2D eigenvalue weighted by Gasteiger charge is -2.59. The Kier molecular flexibility index (Phi) is 3.54. The van der Waals surface area contributed by atoms with E-state index in [4.69, 9.17) is 4.74 Å². The van der Waals surface area contributed by atoms with Crippen molar-refractivity contribution in [3.8, 4) is 0 Å². The van der Waals surface area contributed by atoms with Crippen molar-refractivity contribution in [3.05, 3.63) is 0 Å². The van der Waals surface area contributed by atoms with Crippen molar-refractivity contribution >= 4 is 11.6 Å². The Balaban J connectivity index is 1.64. The van der Waals surface area contributed by atoms with Gasteiger partial charge in [-0.05, 0) is 67.6 Å². The highest BCUT2D eigenvalue weighted by Crippen LogP contribution is 2.65. The van der Waals surface area contributed by atoms with E-state index >= 15 is 0 Å². The lowest BCUT2D eigenvalue weighted by atomic mass is 9.45. The zero-order chi connectivity index (χ0) is 16.4. The van der Waals surface area contributed by atoms with E-state index in [-0.39, 0.29) is 11.5 Å². The van der Waals surface area contributed by atoms with Crippen LogP contribution >= 0.6 is 0 Å². The maximum Gasteiger partial charge on any atom is 0.167 e. The van der Waals surface area contributed by atoms with Crippen LogP contribution in [0.3, 0.4) is 0 Å². The Morgan fingerprint density at radius 2 is 1.83 bits per heavy atom. The molecule has 0 heterocycles. The second kappa shape index (κ2) is 5.15. The molecule has 23 heavy (non-hydrogen) atoms. The highest BCUT2D eigenvalue weighted by molar-refractivity contribution is 5.91. The molecule has 7 atom stereocenters. The first kappa shape index (κ1) is 15.8. The highest BCUT2D eigenvalue weighted by Gasteiger charge is 2.62. The van der Waals surface area contributed by atoms with Gasteiger partial charge in [0, 0.05) is 25.4 Å². The molecule has 128 valence electrons. The molecule has 4 rings (SSSR count). The van der Waals surface area contributed by atoms with Gasteiger partial charge in [0.1, 0.15) is 11.9 Å². The molecule has 0 aliphatic heterocycles. The summed E-state index contributed by atoms with van der Waals surface area (Å²) < 4.78 is 5.51. The van der Waals surface area contributed by atoms with Gasteiger partial charge < -0.3 is 4.74 Å². The van der Waals surface area contributed by atoms with Crippen molar-refractivity contribution < 1.29 is 14.3 Å². The number of ether oxygens (including phenoxy) is 1. The minimum absolute atomic E-state index is 0.157. The molecule has 0 saturated heterocycles. The first-order valence-electron chi connectivity index (χ1n) is 9.49. The largest absolute Gasteiger partial charge is 0.374 e. The highest BCUT2D eigenvalue weighted by atomic mass is 16.5. The monoisotopic (exact) mass is 318 g/mol. The van der Waals surface area contributed by atoms with E-state index in [1.165, 1.54) is 19.3 Å². The van der Waals surface area contributed by atoms with E-state index in [0.717, 1.165) is 32.1 Å². The van der Waals surface area contributed by atoms with Crippen LogP contribution in [-0.4, -0.2) is 24.8 Å². The molecule has 0 unspecified atom stereocenters. The Hall–Kier alpha value is -0.700. The SMILES string of the molecule is CO[C@@H]1C[C@H]2[C@@H]3CC[C@H]4CC(=O)CC[C@]4(C)[C@H]3CC[C@]2(C)C1=O. The van der Waals surface area contributed by atoms with Gasteiger partial charge in [-0.3, -0.25) is 9.59 Å². The molecule has 0 aromatic heterocycles. The number of hydrogen-bond donors (Lipinski definition) is 0. The number of carbonyl (C=O) groups excluding carboxylic acids is 2. The van der Waals surface area contributed by atoms with Crippen LogP contribution in [-0.2, 0) is 14.3 Å². The van der Waals surface area contributed by atoms with Crippen LogP contribution in [0.2, 0.25) is 0 Å². The summed E-state index contributed by atoms with van der Waals surface area (Å²) in [6, 6.07) is 0. The zero-order valence-corrected chi connectivity index (χ0v) is 14.8. The van der Waals surface area contributed by atoms with E-state index < -0.39 is 0 Å². The number of rotatable bonds is 1. The van der Waals surface area contributed by atoms with E-state index in [1.54, 1.807) is 7.11 Å². The summed E-state index contributed by atoms with van der Waals surface area (Å²) in [5, 5.41) is 0. The molecule has 0 aromatic rings. The molecule has 4 aliphatic rings. The number of fused-ring (bicyclic) bond motifs is 5. The molecule has 4 fully saturated rings. The Morgan fingerprint density at radius 1 is 1.04 bits per heavy atom. The normalized spacial score (nSPS) is 52.7. The van der Waals surface area contributed by atoms with E-state index in [1.807, 2.05) is 0 Å². The van der Waals surface area contributed by atoms with Crippen LogP contribution < -0.4 is 0 Å². The van der Waals surface area contributed by atoms with Crippen LogP contribution in [0.5, 0.6) is 0 Å². The maximum absolute atomic E-state index is 12.8. The van der Waals surface area contributed by atoms with E-state index in [0.29, 0.717) is 40.7 Å². The minimum Gasteiger partial charge on any atom is -0.374 e. The van der Waals surface area contributed by atoms with Gasteiger partial charge in [-0.25, -0.2) is 0 Å². The van der Waals surface area contributed by atoms with Gasteiger partial charge in [0.2, 0.25) is 0 Å². The molecule has 0 radical (unpaired) electrons. The van der Waals surface area contributed by atoms with Crippen LogP contribution in [0.25, 0.3) is 0 Å². The van der Waals surface area contributed by atoms with E-state index in [9.17, 15) is 9.59 Å². The minimum atomic E-state index is -0.179. The lowest BCUT2D eigenvalue weighted by Crippen LogP contribution is -2.53. The second-order valence-corrected chi connectivity index (χ2v) is 9.18. The number of hydrogen-bond acceptors (Lipinski definition) is 3. The fourth-order valence-corrected chi connectivity index (χ4v) is 7.01. The predicted octanol–water partition coefficient (Wildman–Crippen LogP) is 3.79. The third-order valence-corrected chi connectivity index (χ3v) is 8.48. The lowest BCUT2D eigenvalue weighted by molar-refractivity contribution is -0.145. The average Bonchev–Trinajstić information content (AvgIpc) is 2.79. The number of carbonyl (C=O) groups is 2. The van der Waals surface area contributed by atoms with Crippen molar-refractivity contribution in [1.82, 2.24) is 0 Å². The summed E-state index contributed by atoms with van der Waals surface area (Å²) in [5.41, 5.74) is 0.169. The van der Waals surface area contributed by atoms with Crippen LogP contribution in [0.4, 0.5) is 0 Å². The number of methoxy groups -OCH3 is 1. The van der Waals surface area contributed by atoms with Crippen molar-refractivity contribution in [3.63, 3.8) is 0 Å². The molecule has 4 saturated carbocycles.